The Labute approximate surface area is 220 Å². The molecule has 0 radical (unpaired) electrons. The molecule has 0 aliphatic carbocycles. The van der Waals surface area contributed by atoms with E-state index in [1.54, 1.807) is 27.7 Å². The van der Waals surface area contributed by atoms with E-state index in [2.05, 4.69) is 23.3 Å². The molecule has 9 nitrogen and oxygen atoms in total. The summed E-state index contributed by atoms with van der Waals surface area (Å²) in [6.45, 7) is 13.3. The molecular formula is C26H41N3O6S. The summed E-state index contributed by atoms with van der Waals surface area (Å²) in [5, 5.41) is 5.34. The Bertz CT molecular complexity index is 915. The Morgan fingerprint density at radius 3 is 2.28 bits per heavy atom. The highest BCUT2D eigenvalue weighted by molar-refractivity contribution is 7.80. The highest BCUT2D eigenvalue weighted by atomic mass is 32.1. The number of benzene rings is 1. The monoisotopic (exact) mass is 523 g/mol. The van der Waals surface area contributed by atoms with Gasteiger partial charge in [0.1, 0.15) is 17.7 Å². The molecular weight excluding hydrogens is 482 g/mol. The van der Waals surface area contributed by atoms with Crippen LogP contribution in [-0.2, 0) is 23.9 Å². The van der Waals surface area contributed by atoms with Crippen molar-refractivity contribution in [2.24, 2.45) is 0 Å². The van der Waals surface area contributed by atoms with Crippen molar-refractivity contribution in [1.82, 2.24) is 15.5 Å². The van der Waals surface area contributed by atoms with Crippen molar-refractivity contribution in [2.45, 2.75) is 79.0 Å². The molecule has 0 saturated carbocycles. The predicted molar refractivity (Wildman–Crippen MR) is 142 cm³/mol. The average molecular weight is 524 g/mol. The number of carbonyl (C=O) groups excluding carboxylic acids is 4. The molecule has 2 N–H and O–H groups in total. The minimum absolute atomic E-state index is 0.0143. The normalized spacial score (nSPS) is 12.8. The summed E-state index contributed by atoms with van der Waals surface area (Å²) in [4.78, 5) is 52.6. The number of carbonyl (C=O) groups is 4. The topological polar surface area (TPSA) is 114 Å². The van der Waals surface area contributed by atoms with Crippen LogP contribution >= 0.6 is 12.6 Å². The molecule has 36 heavy (non-hydrogen) atoms. The van der Waals surface area contributed by atoms with Crippen LogP contribution in [0.3, 0.4) is 0 Å². The summed E-state index contributed by atoms with van der Waals surface area (Å²) in [6, 6.07) is 3.61. The Morgan fingerprint density at radius 2 is 1.75 bits per heavy atom. The Morgan fingerprint density at radius 1 is 1.08 bits per heavy atom. The number of alkyl carbamates (subject to hydrolysis) is 1. The third kappa shape index (κ3) is 10.1. The van der Waals surface area contributed by atoms with E-state index in [0.717, 1.165) is 11.1 Å². The maximum Gasteiger partial charge on any atom is 0.408 e. The minimum atomic E-state index is -1.00. The number of thiol groups is 1. The zero-order valence-electron chi connectivity index (χ0n) is 22.5. The molecule has 0 aliphatic rings. The van der Waals surface area contributed by atoms with Gasteiger partial charge in [-0.25, -0.2) is 4.79 Å². The van der Waals surface area contributed by atoms with Crippen LogP contribution in [0.25, 0.3) is 0 Å². The largest absolute Gasteiger partial charge is 0.466 e. The molecule has 0 heterocycles. The number of ether oxygens (including phenoxy) is 2. The lowest BCUT2D eigenvalue weighted by Crippen LogP contribution is -2.54. The van der Waals surface area contributed by atoms with Crippen LogP contribution < -0.4 is 10.6 Å². The van der Waals surface area contributed by atoms with Gasteiger partial charge in [0, 0.05) is 18.8 Å². The zero-order chi connectivity index (χ0) is 27.5. The molecule has 0 aromatic heterocycles. The van der Waals surface area contributed by atoms with Crippen LogP contribution in [0.4, 0.5) is 4.79 Å². The first-order valence-electron chi connectivity index (χ1n) is 12.3. The van der Waals surface area contributed by atoms with Crippen LogP contribution in [0.2, 0.25) is 0 Å². The van der Waals surface area contributed by atoms with Crippen LogP contribution in [0.15, 0.2) is 18.2 Å². The van der Waals surface area contributed by atoms with E-state index in [1.807, 2.05) is 39.0 Å². The number of amides is 3. The fourth-order valence-corrected chi connectivity index (χ4v) is 3.72. The van der Waals surface area contributed by atoms with E-state index in [1.165, 1.54) is 4.90 Å². The number of esters is 1. The Balaban J connectivity index is 3.29. The van der Waals surface area contributed by atoms with Crippen molar-refractivity contribution in [1.29, 1.82) is 0 Å². The van der Waals surface area contributed by atoms with Gasteiger partial charge in [0.15, 0.2) is 0 Å². The molecule has 0 bridgehead atoms. The highest BCUT2D eigenvalue weighted by Gasteiger charge is 2.35. The van der Waals surface area contributed by atoms with E-state index < -0.39 is 41.6 Å². The van der Waals surface area contributed by atoms with E-state index >= 15 is 0 Å². The Hall–Kier alpha value is -2.75. The van der Waals surface area contributed by atoms with Crippen molar-refractivity contribution < 1.29 is 28.7 Å². The van der Waals surface area contributed by atoms with Crippen molar-refractivity contribution >= 4 is 36.5 Å². The van der Waals surface area contributed by atoms with E-state index in [4.69, 9.17) is 9.47 Å². The first kappa shape index (κ1) is 31.3. The lowest BCUT2D eigenvalue weighted by atomic mass is 9.98. The average Bonchev–Trinajstić information content (AvgIpc) is 2.78. The summed E-state index contributed by atoms with van der Waals surface area (Å²) >= 11 is 4.27. The zero-order valence-corrected chi connectivity index (χ0v) is 23.4. The lowest BCUT2D eigenvalue weighted by molar-refractivity contribution is -0.144. The van der Waals surface area contributed by atoms with E-state index in [9.17, 15) is 19.2 Å². The van der Waals surface area contributed by atoms with Crippen molar-refractivity contribution in [3.8, 4) is 0 Å². The summed E-state index contributed by atoms with van der Waals surface area (Å²) in [7, 11) is 0. The quantitative estimate of drug-likeness (QED) is 0.286. The fraction of sp³-hybridized carbons (Fsp3) is 0.615. The maximum atomic E-state index is 13.7. The molecule has 3 amide bonds. The molecule has 0 aliphatic heterocycles. The van der Waals surface area contributed by atoms with Gasteiger partial charge in [0.05, 0.1) is 13.0 Å². The second kappa shape index (κ2) is 14.7. The van der Waals surface area contributed by atoms with Crippen LogP contribution in [0.1, 0.15) is 70.2 Å². The summed E-state index contributed by atoms with van der Waals surface area (Å²) in [5.41, 5.74) is 1.91. The van der Waals surface area contributed by atoms with Gasteiger partial charge < -0.3 is 25.0 Å². The van der Waals surface area contributed by atoms with Crippen molar-refractivity contribution in [3.63, 3.8) is 0 Å². The summed E-state index contributed by atoms with van der Waals surface area (Å²) in [6.07, 6.45) is -0.150. The molecule has 1 aromatic rings. The highest BCUT2D eigenvalue weighted by Crippen LogP contribution is 2.25. The van der Waals surface area contributed by atoms with Crippen LogP contribution in [0, 0.1) is 13.8 Å². The SMILES string of the molecule is CCCN(C(=O)C(CS)NC(=O)OC(C)(C)C)C(C(=O)NCCC(=O)OCC)c1ccc(C)c(C)c1. The lowest BCUT2D eigenvalue weighted by Gasteiger charge is -2.34. The third-order valence-corrected chi connectivity index (χ3v) is 5.62. The van der Waals surface area contributed by atoms with Crippen LogP contribution in [-0.4, -0.2) is 65.9 Å². The molecule has 10 heteroatoms. The number of aryl methyl sites for hydroxylation is 2. The number of nitrogens with zero attached hydrogens (tertiary/aromatic N) is 1. The number of hydrogen-bond donors (Lipinski definition) is 3. The smallest absolute Gasteiger partial charge is 0.408 e. The summed E-state index contributed by atoms with van der Waals surface area (Å²) < 4.78 is 10.2. The number of rotatable bonds is 12. The van der Waals surface area contributed by atoms with Crippen molar-refractivity contribution in [3.05, 3.63) is 34.9 Å². The summed E-state index contributed by atoms with van der Waals surface area (Å²) in [5.74, 6) is -1.29. The van der Waals surface area contributed by atoms with Gasteiger partial charge in [0.25, 0.3) is 0 Å². The van der Waals surface area contributed by atoms with Gasteiger partial charge in [-0.3, -0.25) is 14.4 Å². The molecule has 0 spiro atoms. The molecule has 1 rings (SSSR count). The molecule has 0 fully saturated rings. The van der Waals surface area contributed by atoms with E-state index in [-0.39, 0.29) is 31.9 Å². The number of hydrogen-bond acceptors (Lipinski definition) is 7. The fourth-order valence-electron chi connectivity index (χ4n) is 3.47. The van der Waals surface area contributed by atoms with Gasteiger partial charge in [-0.1, -0.05) is 25.1 Å². The number of nitrogens with one attached hydrogen (secondary N) is 2. The molecule has 0 saturated heterocycles. The predicted octanol–water partition coefficient (Wildman–Crippen LogP) is 3.48. The molecule has 2 atom stereocenters. The first-order chi connectivity index (χ1) is 16.8. The van der Waals surface area contributed by atoms with Gasteiger partial charge in [-0.05, 0) is 64.7 Å². The van der Waals surface area contributed by atoms with Gasteiger partial charge >= 0.3 is 12.1 Å². The minimum Gasteiger partial charge on any atom is -0.466 e. The second-order valence-corrected chi connectivity index (χ2v) is 9.87. The third-order valence-electron chi connectivity index (χ3n) is 5.26. The Kier molecular flexibility index (Phi) is 12.8. The molecule has 202 valence electrons. The standard InChI is InChI=1S/C26H41N3O6S/c1-8-14-29(24(32)20(16-36)28-25(33)35-26(5,6)7)22(19-11-10-17(3)18(4)15-19)23(31)27-13-12-21(30)34-9-2/h10-11,15,20,22,36H,8-9,12-14,16H2,1-7H3,(H,27,31)(H,28,33). The first-order valence-corrected chi connectivity index (χ1v) is 12.9. The van der Waals surface area contributed by atoms with Gasteiger partial charge in [-0.2, -0.15) is 12.6 Å². The van der Waals surface area contributed by atoms with Gasteiger partial charge in [-0.15, -0.1) is 0 Å². The molecule has 2 unspecified atom stereocenters. The maximum absolute atomic E-state index is 13.7. The van der Waals surface area contributed by atoms with E-state index in [0.29, 0.717) is 12.0 Å². The second-order valence-electron chi connectivity index (χ2n) is 9.51. The molecule has 1 aromatic carbocycles. The van der Waals surface area contributed by atoms with Gasteiger partial charge in [0.2, 0.25) is 11.8 Å². The van der Waals surface area contributed by atoms with Crippen molar-refractivity contribution in [2.75, 3.05) is 25.4 Å². The van der Waals surface area contributed by atoms with Crippen LogP contribution in [0.5, 0.6) is 0 Å².